The second-order valence-corrected chi connectivity index (χ2v) is 3.30. The molecule has 0 amide bonds. The van der Waals surface area contributed by atoms with Crippen LogP contribution < -0.4 is 0 Å². The number of nitro groups is 1. The highest BCUT2D eigenvalue weighted by atomic mass is 16.6. The molecule has 1 aromatic carbocycles. The van der Waals surface area contributed by atoms with Gasteiger partial charge in [-0.05, 0) is 19.4 Å². The van der Waals surface area contributed by atoms with Crippen LogP contribution in [0.2, 0.25) is 0 Å². The maximum Gasteiger partial charge on any atom is 0.274 e. The molecule has 5 nitrogen and oxygen atoms in total. The van der Waals surface area contributed by atoms with Crippen LogP contribution in [0.15, 0.2) is 12.1 Å². The second-order valence-electron chi connectivity index (χ2n) is 3.30. The molecule has 5 heteroatoms. The van der Waals surface area contributed by atoms with E-state index >= 15 is 0 Å². The van der Waals surface area contributed by atoms with Gasteiger partial charge in [0.15, 0.2) is 5.78 Å². The fourth-order valence-electron chi connectivity index (χ4n) is 1.49. The maximum absolute atomic E-state index is 11.2. The van der Waals surface area contributed by atoms with Gasteiger partial charge < -0.3 is 0 Å². The van der Waals surface area contributed by atoms with Gasteiger partial charge in [0.1, 0.15) is 0 Å². The molecule has 0 bridgehead atoms. The third-order valence-corrected chi connectivity index (χ3v) is 2.30. The van der Waals surface area contributed by atoms with E-state index in [0.29, 0.717) is 12.0 Å². The number of nitro benzene ring substituents is 1. The topological polar surface area (TPSA) is 84.0 Å². The minimum absolute atomic E-state index is 0.160. The molecule has 0 aliphatic carbocycles. The number of carbonyl (C=O) groups excluding carboxylic acids is 1. The first-order valence-corrected chi connectivity index (χ1v) is 4.73. The van der Waals surface area contributed by atoms with E-state index in [4.69, 9.17) is 5.26 Å². The molecule has 0 heterocycles. The molecule has 0 aliphatic rings. The van der Waals surface area contributed by atoms with Crippen molar-refractivity contribution in [2.75, 3.05) is 0 Å². The number of nitrogens with zero attached hydrogens (tertiary/aromatic N) is 2. The zero-order chi connectivity index (χ0) is 12.3. The molecule has 0 saturated carbocycles. The number of Topliss-reactive ketones (excluding diaryl/α,β-unsaturated/α-hetero) is 1. The second kappa shape index (κ2) is 4.53. The molecule has 0 N–H and O–H groups in total. The van der Waals surface area contributed by atoms with Crippen LogP contribution in [0.3, 0.4) is 0 Å². The van der Waals surface area contributed by atoms with Crippen molar-refractivity contribution < 1.29 is 9.72 Å². The molecule has 0 spiro atoms. The Kier molecular flexibility index (Phi) is 3.36. The Bertz CT molecular complexity index is 501. The standard InChI is InChI=1S/C11H10N2O3/c1-3-10-9(6-12)4-8(7(2)14)5-11(10)13(15)16/h4-5H,3H2,1-2H3. The van der Waals surface area contributed by atoms with Crippen LogP contribution in [0.4, 0.5) is 5.69 Å². The number of ketones is 1. The van der Waals surface area contributed by atoms with Crippen LogP contribution in [0.5, 0.6) is 0 Å². The first kappa shape index (κ1) is 11.9. The summed E-state index contributed by atoms with van der Waals surface area (Å²) in [6.45, 7) is 3.04. The van der Waals surface area contributed by atoms with Gasteiger partial charge in [-0.2, -0.15) is 5.26 Å². The van der Waals surface area contributed by atoms with E-state index in [0.717, 1.165) is 0 Å². The molecule has 82 valence electrons. The number of nitriles is 1. The highest BCUT2D eigenvalue weighted by molar-refractivity contribution is 5.95. The molecular formula is C11H10N2O3. The lowest BCUT2D eigenvalue weighted by Crippen LogP contribution is -2.02. The Morgan fingerprint density at radius 1 is 1.56 bits per heavy atom. The summed E-state index contributed by atoms with van der Waals surface area (Å²) in [6.07, 6.45) is 0.386. The number of carbonyl (C=O) groups is 1. The van der Waals surface area contributed by atoms with Gasteiger partial charge in [-0.3, -0.25) is 14.9 Å². The molecule has 0 unspecified atom stereocenters. The quantitative estimate of drug-likeness (QED) is 0.442. The summed E-state index contributed by atoms with van der Waals surface area (Å²) in [4.78, 5) is 21.4. The summed E-state index contributed by atoms with van der Waals surface area (Å²) in [5.41, 5.74) is 0.603. The van der Waals surface area contributed by atoms with Crippen molar-refractivity contribution in [3.05, 3.63) is 38.9 Å². The third kappa shape index (κ3) is 2.06. The molecule has 0 saturated heterocycles. The van der Waals surface area contributed by atoms with E-state index in [9.17, 15) is 14.9 Å². The van der Waals surface area contributed by atoms with Gasteiger partial charge in [-0.25, -0.2) is 0 Å². The van der Waals surface area contributed by atoms with Gasteiger partial charge in [0.2, 0.25) is 0 Å². The Morgan fingerprint density at radius 2 is 2.19 bits per heavy atom. The maximum atomic E-state index is 11.2. The first-order valence-electron chi connectivity index (χ1n) is 4.73. The fourth-order valence-corrected chi connectivity index (χ4v) is 1.49. The minimum atomic E-state index is -0.563. The lowest BCUT2D eigenvalue weighted by Gasteiger charge is -2.04. The third-order valence-electron chi connectivity index (χ3n) is 2.30. The van der Waals surface area contributed by atoms with Gasteiger partial charge in [0, 0.05) is 17.2 Å². The van der Waals surface area contributed by atoms with Gasteiger partial charge in [-0.1, -0.05) is 6.92 Å². The molecular weight excluding hydrogens is 208 g/mol. The Morgan fingerprint density at radius 3 is 2.56 bits per heavy atom. The van der Waals surface area contributed by atoms with E-state index in [1.54, 1.807) is 6.92 Å². The molecule has 0 aliphatic heterocycles. The van der Waals surface area contributed by atoms with Crippen molar-refractivity contribution >= 4 is 11.5 Å². The van der Waals surface area contributed by atoms with E-state index < -0.39 is 4.92 Å². The predicted molar refractivity (Wildman–Crippen MR) is 57.2 cm³/mol. The molecule has 16 heavy (non-hydrogen) atoms. The van der Waals surface area contributed by atoms with Crippen LogP contribution in [0.25, 0.3) is 0 Å². The van der Waals surface area contributed by atoms with Crippen LogP contribution in [0, 0.1) is 21.4 Å². The van der Waals surface area contributed by atoms with Crippen LogP contribution >= 0.6 is 0 Å². The number of hydrogen-bond donors (Lipinski definition) is 0. The molecule has 0 fully saturated rings. The van der Waals surface area contributed by atoms with Gasteiger partial charge in [0.05, 0.1) is 16.6 Å². The van der Waals surface area contributed by atoms with Crippen LogP contribution in [0.1, 0.15) is 35.3 Å². The lowest BCUT2D eigenvalue weighted by atomic mass is 9.99. The first-order chi connectivity index (χ1) is 7.51. The Hall–Kier alpha value is -2.22. The molecule has 1 aromatic rings. The summed E-state index contributed by atoms with van der Waals surface area (Å²) in [6, 6.07) is 4.50. The highest BCUT2D eigenvalue weighted by Crippen LogP contribution is 2.25. The van der Waals surface area contributed by atoms with E-state index in [1.165, 1.54) is 19.1 Å². The molecule has 0 radical (unpaired) electrons. The van der Waals surface area contributed by atoms with Gasteiger partial charge in [-0.15, -0.1) is 0 Å². The predicted octanol–water partition coefficient (Wildman–Crippen LogP) is 2.23. The van der Waals surface area contributed by atoms with Crippen molar-refractivity contribution in [3.63, 3.8) is 0 Å². The number of rotatable bonds is 3. The van der Waals surface area contributed by atoms with Crippen molar-refractivity contribution in [2.45, 2.75) is 20.3 Å². The van der Waals surface area contributed by atoms with Crippen LogP contribution in [-0.4, -0.2) is 10.7 Å². The fraction of sp³-hybridized carbons (Fsp3) is 0.273. The van der Waals surface area contributed by atoms with Crippen molar-refractivity contribution in [3.8, 4) is 6.07 Å². The number of hydrogen-bond acceptors (Lipinski definition) is 4. The molecule has 0 aromatic heterocycles. The Labute approximate surface area is 92.5 Å². The summed E-state index contributed by atoms with van der Waals surface area (Å²) in [5.74, 6) is -0.290. The van der Waals surface area contributed by atoms with Crippen molar-refractivity contribution in [1.82, 2.24) is 0 Å². The summed E-state index contributed by atoms with van der Waals surface area (Å²) in [7, 11) is 0. The monoisotopic (exact) mass is 218 g/mol. The van der Waals surface area contributed by atoms with Gasteiger partial charge in [0.25, 0.3) is 5.69 Å². The normalized spacial score (nSPS) is 9.56. The molecule has 1 rings (SSSR count). The van der Waals surface area contributed by atoms with Gasteiger partial charge >= 0.3 is 0 Å². The lowest BCUT2D eigenvalue weighted by molar-refractivity contribution is -0.385. The smallest absolute Gasteiger partial charge is 0.274 e. The zero-order valence-electron chi connectivity index (χ0n) is 8.98. The highest BCUT2D eigenvalue weighted by Gasteiger charge is 2.19. The summed E-state index contributed by atoms with van der Waals surface area (Å²) >= 11 is 0. The van der Waals surface area contributed by atoms with E-state index in [1.807, 2.05) is 6.07 Å². The largest absolute Gasteiger partial charge is 0.295 e. The zero-order valence-corrected chi connectivity index (χ0v) is 8.98. The van der Waals surface area contributed by atoms with Crippen molar-refractivity contribution in [1.29, 1.82) is 5.26 Å². The van der Waals surface area contributed by atoms with E-state index in [2.05, 4.69) is 0 Å². The average Bonchev–Trinajstić information content (AvgIpc) is 2.26. The average molecular weight is 218 g/mol. The minimum Gasteiger partial charge on any atom is -0.295 e. The molecule has 0 atom stereocenters. The Balaban J connectivity index is 3.57. The summed E-state index contributed by atoms with van der Waals surface area (Å²) < 4.78 is 0. The summed E-state index contributed by atoms with van der Waals surface area (Å²) in [5, 5.41) is 19.7. The van der Waals surface area contributed by atoms with Crippen LogP contribution in [-0.2, 0) is 6.42 Å². The number of benzene rings is 1. The van der Waals surface area contributed by atoms with E-state index in [-0.39, 0.29) is 22.6 Å². The SMILES string of the molecule is CCc1c(C#N)cc(C(C)=O)cc1[N+](=O)[O-]. The van der Waals surface area contributed by atoms with Crippen molar-refractivity contribution in [2.24, 2.45) is 0 Å².